The van der Waals surface area contributed by atoms with Gasteiger partial charge in [-0.25, -0.2) is 0 Å². The van der Waals surface area contributed by atoms with Crippen molar-refractivity contribution in [2.45, 2.75) is 6.92 Å². The van der Waals surface area contributed by atoms with E-state index in [4.69, 9.17) is 6.92 Å². The summed E-state index contributed by atoms with van der Waals surface area (Å²) in [6.45, 7) is 7.48. The van der Waals surface area contributed by atoms with E-state index in [1.54, 1.807) is 30.3 Å². The van der Waals surface area contributed by atoms with Crippen LogP contribution in [0.3, 0.4) is 0 Å². The van der Waals surface area contributed by atoms with Crippen molar-refractivity contribution in [2.24, 2.45) is 0 Å². The fourth-order valence-electron chi connectivity index (χ4n) is 1.48. The maximum absolute atomic E-state index is 12.0. The average Bonchev–Trinajstić information content (AvgIpc) is 2.28. The number of rotatable bonds is 2. The molecule has 0 bridgehead atoms. The van der Waals surface area contributed by atoms with Crippen LogP contribution in [0.25, 0.3) is 0 Å². The van der Waals surface area contributed by atoms with Crippen LogP contribution in [0.15, 0.2) is 36.4 Å². The first-order valence-electron chi connectivity index (χ1n) is 4.92. The largest absolute Gasteiger partial charge is 0.345 e. The smallest absolute Gasteiger partial charge is 0.126 e. The van der Waals surface area contributed by atoms with Gasteiger partial charge in [-0.2, -0.15) is 0 Å². The number of carbonyl (C=O) groups excluding carboxylic acids is 1. The zero-order valence-corrected chi connectivity index (χ0v) is 11.6. The first kappa shape index (κ1) is 13.8. The number of carbonyl (C=O) groups is 1. The van der Waals surface area contributed by atoms with Crippen molar-refractivity contribution in [3.8, 4) is 0 Å². The maximum atomic E-state index is 12.0. The number of pyridine rings is 1. The van der Waals surface area contributed by atoms with Gasteiger partial charge in [-0.15, -0.1) is 35.9 Å². The van der Waals surface area contributed by atoms with Gasteiger partial charge in [0.2, 0.25) is 0 Å². The Morgan fingerprint density at radius 1 is 1.35 bits per heavy atom. The van der Waals surface area contributed by atoms with E-state index in [2.05, 4.69) is 11.1 Å². The van der Waals surface area contributed by atoms with Crippen LogP contribution < -0.4 is 0 Å². The minimum absolute atomic E-state index is 0. The molecule has 0 aliphatic rings. The maximum Gasteiger partial charge on any atom is 0.126 e. The van der Waals surface area contributed by atoms with Gasteiger partial charge in [0.1, 0.15) is 5.78 Å². The summed E-state index contributed by atoms with van der Waals surface area (Å²) in [5.41, 5.74) is 2.14. The SMILES string of the molecule is [CH]c1cc(C)cc(C(=O)c2[c-]cccc2)n1.[Ir]. The van der Waals surface area contributed by atoms with Gasteiger partial charge in [-0.05, 0) is 24.6 Å². The quantitative estimate of drug-likeness (QED) is 0.573. The van der Waals surface area contributed by atoms with Crippen LogP contribution in [0.1, 0.15) is 27.3 Å². The molecule has 1 aromatic carbocycles. The third kappa shape index (κ3) is 3.32. The zero-order valence-electron chi connectivity index (χ0n) is 9.23. The topological polar surface area (TPSA) is 30.0 Å². The molecular formula is C14H10IrNO-. The first-order chi connectivity index (χ1) is 7.66. The van der Waals surface area contributed by atoms with Gasteiger partial charge in [0, 0.05) is 32.7 Å². The standard InChI is InChI=1S/C14H10NO.Ir/c1-10-8-11(2)15-13(9-10)14(16)12-6-4-3-5-7-12;/h2-6,8-9H,1H3;/q-1;. The van der Waals surface area contributed by atoms with Crippen molar-refractivity contribution in [3.63, 3.8) is 0 Å². The van der Waals surface area contributed by atoms with Crippen molar-refractivity contribution in [2.75, 3.05) is 0 Å². The van der Waals surface area contributed by atoms with E-state index < -0.39 is 0 Å². The van der Waals surface area contributed by atoms with Crippen molar-refractivity contribution in [1.82, 2.24) is 4.98 Å². The van der Waals surface area contributed by atoms with Crippen LogP contribution in [0.4, 0.5) is 0 Å². The van der Waals surface area contributed by atoms with E-state index >= 15 is 0 Å². The number of ketones is 1. The zero-order chi connectivity index (χ0) is 11.5. The predicted octanol–water partition coefficient (Wildman–Crippen LogP) is 2.48. The Kier molecular flexibility index (Phi) is 4.73. The van der Waals surface area contributed by atoms with Crippen LogP contribution in [0, 0.1) is 19.9 Å². The predicted molar refractivity (Wildman–Crippen MR) is 61.1 cm³/mol. The third-order valence-corrected chi connectivity index (χ3v) is 2.18. The second kappa shape index (κ2) is 5.85. The fraction of sp³-hybridized carbons (Fsp3) is 0.0714. The van der Waals surface area contributed by atoms with Crippen LogP contribution in [-0.4, -0.2) is 10.8 Å². The Morgan fingerprint density at radius 3 is 2.71 bits per heavy atom. The molecule has 0 spiro atoms. The molecule has 0 fully saturated rings. The minimum Gasteiger partial charge on any atom is -0.345 e. The molecule has 2 rings (SSSR count). The van der Waals surface area contributed by atoms with Gasteiger partial charge in [0.15, 0.2) is 0 Å². The van der Waals surface area contributed by atoms with Crippen molar-refractivity contribution in [1.29, 1.82) is 0 Å². The van der Waals surface area contributed by atoms with Crippen molar-refractivity contribution >= 4 is 5.78 Å². The van der Waals surface area contributed by atoms with Crippen molar-refractivity contribution in [3.05, 3.63) is 71.9 Å². The molecule has 0 saturated heterocycles. The second-order valence-electron chi connectivity index (χ2n) is 3.56. The van der Waals surface area contributed by atoms with Crippen LogP contribution in [-0.2, 0) is 20.1 Å². The number of nitrogens with zero attached hydrogens (tertiary/aromatic N) is 1. The summed E-state index contributed by atoms with van der Waals surface area (Å²) >= 11 is 0. The molecule has 2 nitrogen and oxygen atoms in total. The van der Waals surface area contributed by atoms with Gasteiger partial charge in [-0.1, -0.05) is 0 Å². The molecule has 0 saturated carbocycles. The monoisotopic (exact) mass is 401 g/mol. The van der Waals surface area contributed by atoms with Gasteiger partial charge >= 0.3 is 0 Å². The number of benzene rings is 1. The van der Waals surface area contributed by atoms with Gasteiger partial charge in [-0.3, -0.25) is 4.98 Å². The molecule has 0 amide bonds. The first-order valence-corrected chi connectivity index (χ1v) is 4.92. The second-order valence-corrected chi connectivity index (χ2v) is 3.56. The molecule has 0 aliphatic carbocycles. The third-order valence-electron chi connectivity index (χ3n) is 2.18. The molecule has 0 unspecified atom stereocenters. The number of hydrogen-bond donors (Lipinski definition) is 0. The van der Waals surface area contributed by atoms with Gasteiger partial charge < -0.3 is 4.79 Å². The van der Waals surface area contributed by atoms with E-state index in [1.165, 1.54) is 0 Å². The number of aromatic nitrogens is 1. The molecule has 17 heavy (non-hydrogen) atoms. The van der Waals surface area contributed by atoms with E-state index in [9.17, 15) is 4.79 Å². The Hall–Kier alpha value is -1.31. The fourth-order valence-corrected chi connectivity index (χ4v) is 1.48. The molecule has 1 aromatic heterocycles. The molecule has 1 heterocycles. The Labute approximate surface area is 114 Å². The summed E-state index contributed by atoms with van der Waals surface area (Å²) in [5.74, 6) is -0.156. The van der Waals surface area contributed by atoms with E-state index in [1.807, 2.05) is 13.0 Å². The molecule has 0 aliphatic heterocycles. The molecule has 2 aromatic rings. The summed E-state index contributed by atoms with van der Waals surface area (Å²) in [7, 11) is 0. The Morgan fingerprint density at radius 2 is 2.12 bits per heavy atom. The molecule has 3 radical (unpaired) electrons. The van der Waals surface area contributed by atoms with E-state index in [0.29, 0.717) is 17.0 Å². The average molecular weight is 400 g/mol. The summed E-state index contributed by atoms with van der Waals surface area (Å²) in [4.78, 5) is 16.0. The molecule has 3 heteroatoms. The molecule has 0 N–H and O–H groups in total. The van der Waals surface area contributed by atoms with Crippen molar-refractivity contribution < 1.29 is 24.9 Å². The number of aryl methyl sites for hydroxylation is 1. The van der Waals surface area contributed by atoms with Gasteiger partial charge in [0.05, 0.1) is 5.69 Å². The summed E-state index contributed by atoms with van der Waals surface area (Å²) < 4.78 is 0. The van der Waals surface area contributed by atoms with Crippen LogP contribution in [0.2, 0.25) is 0 Å². The normalized spacial score (nSPS) is 9.53. The molecular weight excluding hydrogens is 390 g/mol. The van der Waals surface area contributed by atoms with E-state index in [-0.39, 0.29) is 25.9 Å². The van der Waals surface area contributed by atoms with Crippen LogP contribution in [0.5, 0.6) is 0 Å². The Balaban J connectivity index is 0.00000144. The number of hydrogen-bond acceptors (Lipinski definition) is 2. The molecule has 87 valence electrons. The van der Waals surface area contributed by atoms with Gasteiger partial charge in [0.25, 0.3) is 0 Å². The molecule has 0 atom stereocenters. The van der Waals surface area contributed by atoms with Crippen LogP contribution >= 0.6 is 0 Å². The van der Waals surface area contributed by atoms with E-state index in [0.717, 1.165) is 5.56 Å². The Bertz CT molecular complexity index is 503. The summed E-state index contributed by atoms with van der Waals surface area (Å²) in [6, 6.07) is 13.3. The summed E-state index contributed by atoms with van der Waals surface area (Å²) in [5, 5.41) is 0. The minimum atomic E-state index is -0.156. The summed E-state index contributed by atoms with van der Waals surface area (Å²) in [6.07, 6.45) is 0.